The molecule has 0 spiro atoms. The van der Waals surface area contributed by atoms with Gasteiger partial charge in [-0.05, 0) is 19.1 Å². The topological polar surface area (TPSA) is 65.5 Å². The third-order valence-corrected chi connectivity index (χ3v) is 3.89. The zero-order chi connectivity index (χ0) is 15.4. The van der Waals surface area contributed by atoms with Gasteiger partial charge >= 0.3 is 0 Å². The minimum Gasteiger partial charge on any atom is -0.340 e. The lowest BCUT2D eigenvalue weighted by Crippen LogP contribution is -2.53. The van der Waals surface area contributed by atoms with Gasteiger partial charge < -0.3 is 10.2 Å². The van der Waals surface area contributed by atoms with E-state index in [0.29, 0.717) is 37.0 Å². The fraction of sp³-hybridized carbons (Fsp3) is 0.500. The van der Waals surface area contributed by atoms with Crippen molar-refractivity contribution in [2.45, 2.75) is 19.9 Å². The highest BCUT2D eigenvalue weighted by Gasteiger charge is 2.26. The Labute approximate surface area is 129 Å². The molecule has 1 N–H and O–H groups in total. The first kappa shape index (κ1) is 15.7. The minimum absolute atomic E-state index is 0.0807. The molecule has 1 atom stereocenters. The number of hydrogen-bond acceptors (Lipinski definition) is 4. The zero-order valence-corrected chi connectivity index (χ0v) is 12.9. The maximum absolute atomic E-state index is 12.2. The number of amides is 2. The number of carbonyl (C=O) groups excluding carboxylic acids is 2. The standard InChI is InChI=1S/C14H19ClN4O2/c1-10(18-5-7-19(8-6-18)11(2)20)14(21)17-13-4-3-12(15)9-16-13/h3-4,9-10H,5-8H2,1-2H3,(H,16,17,21)/t10-/m0/s1. The fourth-order valence-corrected chi connectivity index (χ4v) is 2.38. The average Bonchev–Trinajstić information content (AvgIpc) is 2.49. The predicted octanol–water partition coefficient (Wildman–Crippen LogP) is 1.23. The minimum atomic E-state index is -0.267. The van der Waals surface area contributed by atoms with Crippen molar-refractivity contribution in [3.05, 3.63) is 23.4 Å². The van der Waals surface area contributed by atoms with Crippen LogP contribution in [0.25, 0.3) is 0 Å². The van der Waals surface area contributed by atoms with Crippen LogP contribution in [0.4, 0.5) is 5.82 Å². The Balaban J connectivity index is 1.88. The second-order valence-corrected chi connectivity index (χ2v) is 5.51. The summed E-state index contributed by atoms with van der Waals surface area (Å²) in [4.78, 5) is 31.4. The van der Waals surface area contributed by atoms with Crippen molar-refractivity contribution < 1.29 is 9.59 Å². The molecule has 6 nitrogen and oxygen atoms in total. The Morgan fingerprint density at radius 1 is 1.29 bits per heavy atom. The monoisotopic (exact) mass is 310 g/mol. The summed E-state index contributed by atoms with van der Waals surface area (Å²) in [5.41, 5.74) is 0. The van der Waals surface area contributed by atoms with Crippen molar-refractivity contribution in [2.24, 2.45) is 0 Å². The third-order valence-electron chi connectivity index (χ3n) is 3.67. The molecule has 1 fully saturated rings. The molecule has 0 aliphatic carbocycles. The van der Waals surface area contributed by atoms with Gasteiger partial charge in [0.05, 0.1) is 11.1 Å². The van der Waals surface area contributed by atoms with E-state index in [2.05, 4.69) is 15.2 Å². The maximum Gasteiger partial charge on any atom is 0.242 e. The molecule has 0 bridgehead atoms. The summed E-state index contributed by atoms with van der Waals surface area (Å²) in [5, 5.41) is 3.30. The normalized spacial score (nSPS) is 17.4. The summed E-state index contributed by atoms with van der Waals surface area (Å²) in [5.74, 6) is 0.455. The molecule has 2 heterocycles. The van der Waals surface area contributed by atoms with Gasteiger partial charge in [0.2, 0.25) is 11.8 Å². The van der Waals surface area contributed by atoms with Gasteiger partial charge in [-0.1, -0.05) is 11.6 Å². The molecule has 21 heavy (non-hydrogen) atoms. The Hall–Kier alpha value is -1.66. The van der Waals surface area contributed by atoms with Gasteiger partial charge in [-0.25, -0.2) is 4.98 Å². The molecule has 2 rings (SSSR count). The Morgan fingerprint density at radius 2 is 1.95 bits per heavy atom. The van der Waals surface area contributed by atoms with Crippen molar-refractivity contribution in [3.63, 3.8) is 0 Å². The van der Waals surface area contributed by atoms with E-state index < -0.39 is 0 Å². The van der Waals surface area contributed by atoms with Crippen LogP contribution in [0.3, 0.4) is 0 Å². The Bertz CT molecular complexity index is 512. The lowest BCUT2D eigenvalue weighted by molar-refractivity contribution is -0.131. The van der Waals surface area contributed by atoms with Gasteiger partial charge in [-0.3, -0.25) is 14.5 Å². The quantitative estimate of drug-likeness (QED) is 0.912. The highest BCUT2D eigenvalue weighted by molar-refractivity contribution is 6.30. The van der Waals surface area contributed by atoms with Crippen LogP contribution >= 0.6 is 11.6 Å². The average molecular weight is 311 g/mol. The number of hydrogen-bond donors (Lipinski definition) is 1. The van der Waals surface area contributed by atoms with E-state index in [1.807, 2.05) is 6.92 Å². The summed E-state index contributed by atoms with van der Waals surface area (Å²) in [6, 6.07) is 3.08. The van der Waals surface area contributed by atoms with Crippen LogP contribution in [0.1, 0.15) is 13.8 Å². The molecule has 0 saturated carbocycles. The van der Waals surface area contributed by atoms with Crippen LogP contribution in [0.2, 0.25) is 5.02 Å². The number of pyridine rings is 1. The molecule has 1 aliphatic rings. The lowest BCUT2D eigenvalue weighted by atomic mass is 10.2. The van der Waals surface area contributed by atoms with E-state index in [0.717, 1.165) is 0 Å². The van der Waals surface area contributed by atoms with Crippen LogP contribution < -0.4 is 5.32 Å². The van der Waals surface area contributed by atoms with E-state index in [1.54, 1.807) is 24.0 Å². The highest BCUT2D eigenvalue weighted by Crippen LogP contribution is 2.12. The predicted molar refractivity (Wildman–Crippen MR) is 81.2 cm³/mol. The van der Waals surface area contributed by atoms with Crippen LogP contribution in [0, 0.1) is 0 Å². The first-order valence-electron chi connectivity index (χ1n) is 6.89. The van der Waals surface area contributed by atoms with Crippen LogP contribution in [-0.2, 0) is 9.59 Å². The molecule has 0 radical (unpaired) electrons. The number of piperazine rings is 1. The number of nitrogens with zero attached hydrogens (tertiary/aromatic N) is 3. The van der Waals surface area contributed by atoms with Gasteiger partial charge in [-0.2, -0.15) is 0 Å². The molecule has 1 aliphatic heterocycles. The fourth-order valence-electron chi connectivity index (χ4n) is 2.27. The van der Waals surface area contributed by atoms with Crippen molar-refractivity contribution in [1.82, 2.24) is 14.8 Å². The van der Waals surface area contributed by atoms with Gasteiger partial charge in [-0.15, -0.1) is 0 Å². The van der Waals surface area contributed by atoms with E-state index >= 15 is 0 Å². The molecule has 114 valence electrons. The largest absolute Gasteiger partial charge is 0.340 e. The van der Waals surface area contributed by atoms with Gasteiger partial charge in [0.25, 0.3) is 0 Å². The molecule has 1 aromatic rings. The van der Waals surface area contributed by atoms with E-state index in [1.165, 1.54) is 6.20 Å². The molecule has 1 saturated heterocycles. The van der Waals surface area contributed by atoms with Crippen LogP contribution in [0.5, 0.6) is 0 Å². The Morgan fingerprint density at radius 3 is 2.48 bits per heavy atom. The van der Waals surface area contributed by atoms with Crippen LogP contribution in [0.15, 0.2) is 18.3 Å². The lowest BCUT2D eigenvalue weighted by Gasteiger charge is -2.36. The Kier molecular flexibility index (Phi) is 5.14. The molecule has 2 amide bonds. The molecule has 7 heteroatoms. The molecule has 0 aromatic carbocycles. The van der Waals surface area contributed by atoms with E-state index in [-0.39, 0.29) is 17.9 Å². The molecular weight excluding hydrogens is 292 g/mol. The molecule has 0 unspecified atom stereocenters. The number of nitrogens with one attached hydrogen (secondary N) is 1. The second-order valence-electron chi connectivity index (χ2n) is 5.07. The summed E-state index contributed by atoms with van der Waals surface area (Å²) >= 11 is 5.76. The zero-order valence-electron chi connectivity index (χ0n) is 12.2. The highest BCUT2D eigenvalue weighted by atomic mass is 35.5. The first-order valence-corrected chi connectivity index (χ1v) is 7.27. The van der Waals surface area contributed by atoms with Crippen molar-refractivity contribution in [3.8, 4) is 0 Å². The summed E-state index contributed by atoms with van der Waals surface area (Å²) in [6.45, 7) is 6.13. The second kappa shape index (κ2) is 6.87. The number of carbonyl (C=O) groups is 2. The van der Waals surface area contributed by atoms with Gasteiger partial charge in [0.1, 0.15) is 5.82 Å². The number of anilines is 1. The van der Waals surface area contributed by atoms with E-state index in [4.69, 9.17) is 11.6 Å². The SMILES string of the molecule is CC(=O)N1CCN([C@@H](C)C(=O)Nc2ccc(Cl)cn2)CC1. The summed E-state index contributed by atoms with van der Waals surface area (Å²) in [7, 11) is 0. The molecular formula is C14H19ClN4O2. The number of rotatable bonds is 3. The third kappa shape index (κ3) is 4.15. The van der Waals surface area contributed by atoms with Crippen molar-refractivity contribution >= 4 is 29.2 Å². The summed E-state index contributed by atoms with van der Waals surface area (Å²) in [6.07, 6.45) is 1.49. The van der Waals surface area contributed by atoms with Gasteiger partial charge in [0.15, 0.2) is 0 Å². The number of aromatic nitrogens is 1. The maximum atomic E-state index is 12.2. The van der Waals surface area contributed by atoms with E-state index in [9.17, 15) is 9.59 Å². The van der Waals surface area contributed by atoms with Crippen molar-refractivity contribution in [1.29, 1.82) is 0 Å². The summed E-state index contributed by atoms with van der Waals surface area (Å²) < 4.78 is 0. The van der Waals surface area contributed by atoms with Crippen LogP contribution in [-0.4, -0.2) is 58.8 Å². The smallest absolute Gasteiger partial charge is 0.242 e. The molecule has 1 aromatic heterocycles. The van der Waals surface area contributed by atoms with Gasteiger partial charge in [0, 0.05) is 39.3 Å². The van der Waals surface area contributed by atoms with Crippen molar-refractivity contribution in [2.75, 3.05) is 31.5 Å². The number of halogens is 1. The first-order chi connectivity index (χ1) is 9.97.